The fourth-order valence-corrected chi connectivity index (χ4v) is 4.22. The van der Waals surface area contributed by atoms with Gasteiger partial charge in [0.05, 0.1) is 11.0 Å². The smallest absolute Gasteiger partial charge is 0.0796 e. The Morgan fingerprint density at radius 2 is 1.30 bits per heavy atom. The zero-order chi connectivity index (χ0) is 19.9. The zero-order valence-electron chi connectivity index (χ0n) is 16.3. The molecule has 0 aliphatic heterocycles. The van der Waals surface area contributed by atoms with Crippen molar-refractivity contribution in [3.8, 4) is 22.3 Å². The monoisotopic (exact) mass is 382 g/mol. The molecule has 0 N–H and O–H groups in total. The predicted molar refractivity (Wildman–Crippen MR) is 125 cm³/mol. The summed E-state index contributed by atoms with van der Waals surface area (Å²) in [4.78, 5) is 9.28. The Kier molecular flexibility index (Phi) is 3.82. The van der Waals surface area contributed by atoms with Gasteiger partial charge in [-0.15, -0.1) is 0 Å². The van der Waals surface area contributed by atoms with Crippen LogP contribution in [0, 0.1) is 0 Å². The van der Waals surface area contributed by atoms with Gasteiger partial charge in [-0.3, -0.25) is 9.97 Å². The van der Waals surface area contributed by atoms with Crippen molar-refractivity contribution in [3.05, 3.63) is 109 Å². The van der Waals surface area contributed by atoms with E-state index < -0.39 is 0 Å². The molecule has 0 aliphatic rings. The standard InChI is InChI=1S/C28H18N2/c1-2-8-24-20(5-1)6-3-9-25(24)21-12-10-19(11-13-21)23-17-26-27(30-18-23)15-14-22-7-4-16-29-28(22)26/h1-18H. The van der Waals surface area contributed by atoms with Crippen molar-refractivity contribution < 1.29 is 0 Å². The second kappa shape index (κ2) is 6.78. The molecule has 0 atom stereocenters. The number of pyridine rings is 2. The summed E-state index contributed by atoms with van der Waals surface area (Å²) in [6.45, 7) is 0. The third-order valence-electron chi connectivity index (χ3n) is 5.75. The summed E-state index contributed by atoms with van der Waals surface area (Å²) in [7, 11) is 0. The van der Waals surface area contributed by atoms with Crippen LogP contribution in [0.1, 0.15) is 0 Å². The number of rotatable bonds is 2. The van der Waals surface area contributed by atoms with Gasteiger partial charge >= 0.3 is 0 Å². The van der Waals surface area contributed by atoms with Crippen LogP contribution in [-0.4, -0.2) is 9.97 Å². The highest BCUT2D eigenvalue weighted by atomic mass is 14.7. The van der Waals surface area contributed by atoms with E-state index >= 15 is 0 Å². The molecule has 0 saturated heterocycles. The quantitative estimate of drug-likeness (QED) is 0.294. The lowest BCUT2D eigenvalue weighted by atomic mass is 9.96. The highest BCUT2D eigenvalue weighted by Crippen LogP contribution is 2.32. The lowest BCUT2D eigenvalue weighted by Gasteiger charge is -2.09. The van der Waals surface area contributed by atoms with Crippen molar-refractivity contribution in [2.45, 2.75) is 0 Å². The van der Waals surface area contributed by atoms with Crippen LogP contribution in [0.2, 0.25) is 0 Å². The van der Waals surface area contributed by atoms with Gasteiger partial charge in [0.1, 0.15) is 0 Å². The van der Waals surface area contributed by atoms with E-state index in [0.717, 1.165) is 32.9 Å². The summed E-state index contributed by atoms with van der Waals surface area (Å²) in [6.07, 6.45) is 3.79. The van der Waals surface area contributed by atoms with Gasteiger partial charge in [0.25, 0.3) is 0 Å². The number of nitrogens with zero attached hydrogens (tertiary/aromatic N) is 2. The molecule has 0 unspecified atom stereocenters. The number of aromatic nitrogens is 2. The molecule has 2 nitrogen and oxygen atoms in total. The van der Waals surface area contributed by atoms with Crippen LogP contribution >= 0.6 is 0 Å². The Morgan fingerprint density at radius 3 is 2.23 bits per heavy atom. The molecule has 0 bridgehead atoms. The summed E-state index contributed by atoms with van der Waals surface area (Å²) in [5, 5.41) is 4.76. The Labute approximate surface area is 174 Å². The van der Waals surface area contributed by atoms with Crippen molar-refractivity contribution in [1.82, 2.24) is 9.97 Å². The molecule has 30 heavy (non-hydrogen) atoms. The molecule has 6 rings (SSSR count). The van der Waals surface area contributed by atoms with E-state index in [0.29, 0.717) is 0 Å². The third-order valence-corrected chi connectivity index (χ3v) is 5.75. The van der Waals surface area contributed by atoms with Gasteiger partial charge in [0, 0.05) is 28.7 Å². The molecule has 2 heterocycles. The molecule has 140 valence electrons. The van der Waals surface area contributed by atoms with Crippen molar-refractivity contribution in [2.24, 2.45) is 0 Å². The molecule has 0 saturated carbocycles. The molecular formula is C28H18N2. The lowest BCUT2D eigenvalue weighted by molar-refractivity contribution is 1.39. The summed E-state index contributed by atoms with van der Waals surface area (Å²) in [6, 6.07) is 34.1. The highest BCUT2D eigenvalue weighted by Gasteiger charge is 2.07. The van der Waals surface area contributed by atoms with Crippen LogP contribution in [0.4, 0.5) is 0 Å². The van der Waals surface area contributed by atoms with Gasteiger partial charge < -0.3 is 0 Å². The summed E-state index contributed by atoms with van der Waals surface area (Å²) >= 11 is 0. The maximum atomic E-state index is 4.69. The minimum atomic E-state index is 0.970. The van der Waals surface area contributed by atoms with Crippen LogP contribution in [0.5, 0.6) is 0 Å². The Hall–Kier alpha value is -4.04. The van der Waals surface area contributed by atoms with Crippen LogP contribution in [0.3, 0.4) is 0 Å². The summed E-state index contributed by atoms with van der Waals surface area (Å²) < 4.78 is 0. The van der Waals surface area contributed by atoms with Gasteiger partial charge in [-0.2, -0.15) is 0 Å². The maximum absolute atomic E-state index is 4.69. The molecule has 0 radical (unpaired) electrons. The van der Waals surface area contributed by atoms with E-state index in [4.69, 9.17) is 0 Å². The van der Waals surface area contributed by atoms with Crippen LogP contribution in [0.15, 0.2) is 109 Å². The molecule has 4 aromatic carbocycles. The van der Waals surface area contributed by atoms with Crippen LogP contribution in [-0.2, 0) is 0 Å². The second-order valence-electron chi connectivity index (χ2n) is 7.54. The normalized spacial score (nSPS) is 11.3. The molecule has 0 amide bonds. The van der Waals surface area contributed by atoms with Crippen molar-refractivity contribution in [3.63, 3.8) is 0 Å². The van der Waals surface area contributed by atoms with E-state index in [1.807, 2.05) is 18.5 Å². The van der Waals surface area contributed by atoms with E-state index in [2.05, 4.69) is 101 Å². The predicted octanol–water partition coefficient (Wildman–Crippen LogP) is 7.27. The van der Waals surface area contributed by atoms with Gasteiger partial charge in [-0.05, 0) is 45.7 Å². The Morgan fingerprint density at radius 1 is 0.500 bits per heavy atom. The number of hydrogen-bond donors (Lipinski definition) is 0. The third kappa shape index (κ3) is 2.73. The highest BCUT2D eigenvalue weighted by molar-refractivity contribution is 6.05. The first-order valence-corrected chi connectivity index (χ1v) is 10.1. The summed E-state index contributed by atoms with van der Waals surface area (Å²) in [5.74, 6) is 0. The lowest BCUT2D eigenvalue weighted by Crippen LogP contribution is -1.87. The van der Waals surface area contributed by atoms with E-state index in [9.17, 15) is 0 Å². The van der Waals surface area contributed by atoms with Crippen LogP contribution < -0.4 is 0 Å². The average Bonchev–Trinajstić information content (AvgIpc) is 2.83. The number of fused-ring (bicyclic) bond motifs is 4. The fraction of sp³-hybridized carbons (Fsp3) is 0. The largest absolute Gasteiger partial charge is 0.256 e. The van der Waals surface area contributed by atoms with Gasteiger partial charge in [-0.25, -0.2) is 0 Å². The maximum Gasteiger partial charge on any atom is 0.0796 e. The van der Waals surface area contributed by atoms with Crippen molar-refractivity contribution >= 4 is 32.6 Å². The first-order chi connectivity index (χ1) is 14.9. The molecular weight excluding hydrogens is 364 g/mol. The van der Waals surface area contributed by atoms with Gasteiger partial charge in [-0.1, -0.05) is 78.9 Å². The Balaban J connectivity index is 1.46. The first kappa shape index (κ1) is 16.9. The fourth-order valence-electron chi connectivity index (χ4n) is 4.22. The second-order valence-corrected chi connectivity index (χ2v) is 7.54. The van der Waals surface area contributed by atoms with Crippen molar-refractivity contribution in [2.75, 3.05) is 0 Å². The minimum absolute atomic E-state index is 0.970. The van der Waals surface area contributed by atoms with Crippen molar-refractivity contribution in [1.29, 1.82) is 0 Å². The number of hydrogen-bond acceptors (Lipinski definition) is 2. The minimum Gasteiger partial charge on any atom is -0.256 e. The Bertz CT molecular complexity index is 1530. The van der Waals surface area contributed by atoms with E-state index in [-0.39, 0.29) is 0 Å². The van der Waals surface area contributed by atoms with Crippen LogP contribution in [0.25, 0.3) is 54.8 Å². The SMILES string of the molecule is c1ccc2c(-c3ccc(-c4cnc5ccc6cccnc6c5c4)cc3)cccc2c1. The molecule has 0 aliphatic carbocycles. The number of benzene rings is 4. The average molecular weight is 382 g/mol. The topological polar surface area (TPSA) is 25.8 Å². The molecule has 2 aromatic heterocycles. The molecule has 0 fully saturated rings. The first-order valence-electron chi connectivity index (χ1n) is 10.1. The molecule has 2 heteroatoms. The summed E-state index contributed by atoms with van der Waals surface area (Å²) in [5.41, 5.74) is 6.70. The van der Waals surface area contributed by atoms with E-state index in [1.165, 1.54) is 21.9 Å². The molecule has 0 spiro atoms. The van der Waals surface area contributed by atoms with Gasteiger partial charge in [0.2, 0.25) is 0 Å². The molecule has 6 aromatic rings. The zero-order valence-corrected chi connectivity index (χ0v) is 16.3. The van der Waals surface area contributed by atoms with E-state index in [1.54, 1.807) is 0 Å². The van der Waals surface area contributed by atoms with Gasteiger partial charge in [0.15, 0.2) is 0 Å².